The fourth-order valence-corrected chi connectivity index (χ4v) is 1.84. The molecule has 0 spiro atoms. The van der Waals surface area contributed by atoms with Crippen LogP contribution in [-0.2, 0) is 0 Å². The molecular weight excluding hydrogens is 182 g/mol. The molecule has 0 aromatic carbocycles. The van der Waals surface area contributed by atoms with Crippen LogP contribution in [0.1, 0.15) is 72.6 Å². The first-order valence-electron chi connectivity index (χ1n) is 6.73. The number of rotatable bonds is 9. The molecule has 0 aromatic heterocycles. The second-order valence-electron chi connectivity index (χ2n) is 4.57. The predicted octanol–water partition coefficient (Wildman–Crippen LogP) is 4.85. The van der Waals surface area contributed by atoms with Crippen molar-refractivity contribution in [3.63, 3.8) is 0 Å². The lowest BCUT2D eigenvalue weighted by Gasteiger charge is -2.10. The Kier molecular flexibility index (Phi) is 9.97. The van der Waals surface area contributed by atoms with Gasteiger partial charge in [0.05, 0.1) is 0 Å². The van der Waals surface area contributed by atoms with Crippen molar-refractivity contribution in [3.05, 3.63) is 0 Å². The molecule has 15 heavy (non-hydrogen) atoms. The molecule has 0 saturated carbocycles. The van der Waals surface area contributed by atoms with Gasteiger partial charge in [-0.1, -0.05) is 52.4 Å². The molecule has 0 amide bonds. The van der Waals surface area contributed by atoms with Gasteiger partial charge in [-0.3, -0.25) is 4.99 Å². The van der Waals surface area contributed by atoms with E-state index in [-0.39, 0.29) is 0 Å². The van der Waals surface area contributed by atoms with Crippen molar-refractivity contribution < 1.29 is 0 Å². The van der Waals surface area contributed by atoms with Gasteiger partial charge in [0.1, 0.15) is 0 Å². The molecule has 1 heteroatoms. The normalized spacial score (nSPS) is 14.3. The van der Waals surface area contributed by atoms with Crippen molar-refractivity contribution in [1.82, 2.24) is 0 Å². The van der Waals surface area contributed by atoms with Crippen LogP contribution >= 0.6 is 0 Å². The van der Waals surface area contributed by atoms with Gasteiger partial charge in [-0.2, -0.15) is 0 Å². The highest BCUT2D eigenvalue weighted by Gasteiger charge is 2.04. The fraction of sp³-hybridized carbons (Fsp3) is 0.929. The molecule has 0 fully saturated rings. The minimum absolute atomic E-state index is 0.691. The van der Waals surface area contributed by atoms with Crippen molar-refractivity contribution in [2.24, 2.45) is 10.9 Å². The first-order chi connectivity index (χ1) is 7.22. The highest BCUT2D eigenvalue weighted by molar-refractivity contribution is 5.83. The molecule has 0 heterocycles. The lowest BCUT2D eigenvalue weighted by molar-refractivity contribution is 0.555. The maximum absolute atomic E-state index is 4.47. The average molecular weight is 211 g/mol. The Morgan fingerprint density at radius 2 is 1.60 bits per heavy atom. The number of hydrogen-bond donors (Lipinski definition) is 0. The highest BCUT2D eigenvalue weighted by atomic mass is 14.7. The van der Waals surface area contributed by atoms with E-state index >= 15 is 0 Å². The highest BCUT2D eigenvalue weighted by Crippen LogP contribution is 2.13. The topological polar surface area (TPSA) is 12.4 Å². The molecule has 1 nitrogen and oxygen atoms in total. The van der Waals surface area contributed by atoms with Gasteiger partial charge in [0.25, 0.3) is 0 Å². The van der Waals surface area contributed by atoms with Crippen molar-refractivity contribution in [1.29, 1.82) is 0 Å². The third kappa shape index (κ3) is 8.65. The summed E-state index contributed by atoms with van der Waals surface area (Å²) >= 11 is 0. The molecule has 0 bridgehead atoms. The smallest absolute Gasteiger partial charge is 0.0360 e. The quantitative estimate of drug-likeness (QED) is 0.382. The second kappa shape index (κ2) is 10.2. The molecule has 1 atom stereocenters. The van der Waals surface area contributed by atoms with E-state index in [1.165, 1.54) is 50.7 Å². The number of hydrogen-bond acceptors (Lipinski definition) is 1. The van der Waals surface area contributed by atoms with Crippen molar-refractivity contribution >= 4 is 5.71 Å². The standard InChI is InChI=1S/C14H29N/c1-5-7-8-9-10-11-12-13(3)14(4)15-6-2/h13H,5-12H2,1-4H3. The Bertz CT molecular complexity index is 161. The van der Waals surface area contributed by atoms with E-state index in [9.17, 15) is 0 Å². The summed E-state index contributed by atoms with van der Waals surface area (Å²) in [5.41, 5.74) is 1.34. The maximum Gasteiger partial charge on any atom is 0.0360 e. The SMILES string of the molecule is CCCCCCCCC(C)C(C)=NCC. The largest absolute Gasteiger partial charge is 0.294 e. The molecular formula is C14H29N. The third-order valence-electron chi connectivity index (χ3n) is 3.11. The average Bonchev–Trinajstić information content (AvgIpc) is 2.23. The Morgan fingerprint density at radius 3 is 2.20 bits per heavy atom. The first kappa shape index (κ1) is 14.7. The van der Waals surface area contributed by atoms with Crippen LogP contribution in [0.5, 0.6) is 0 Å². The Morgan fingerprint density at radius 1 is 1.00 bits per heavy atom. The van der Waals surface area contributed by atoms with Crippen LogP contribution in [-0.4, -0.2) is 12.3 Å². The molecule has 0 saturated heterocycles. The minimum Gasteiger partial charge on any atom is -0.294 e. The summed E-state index contributed by atoms with van der Waals surface area (Å²) in [5.74, 6) is 0.691. The van der Waals surface area contributed by atoms with E-state index in [1.54, 1.807) is 0 Å². The number of aliphatic imine (C=N–C) groups is 1. The molecule has 0 N–H and O–H groups in total. The zero-order valence-corrected chi connectivity index (χ0v) is 11.2. The van der Waals surface area contributed by atoms with E-state index < -0.39 is 0 Å². The fourth-order valence-electron chi connectivity index (χ4n) is 1.84. The van der Waals surface area contributed by atoms with E-state index in [1.807, 2.05) is 0 Å². The van der Waals surface area contributed by atoms with E-state index in [0.29, 0.717) is 5.92 Å². The van der Waals surface area contributed by atoms with Gasteiger partial charge in [0.15, 0.2) is 0 Å². The van der Waals surface area contributed by atoms with Crippen LogP contribution in [0.3, 0.4) is 0 Å². The summed E-state index contributed by atoms with van der Waals surface area (Å²) in [6.45, 7) is 9.80. The molecule has 90 valence electrons. The maximum atomic E-state index is 4.47. The van der Waals surface area contributed by atoms with Crippen LogP contribution in [0, 0.1) is 5.92 Å². The summed E-state index contributed by atoms with van der Waals surface area (Å²) in [6.07, 6.45) is 9.70. The zero-order chi connectivity index (χ0) is 11.5. The number of unbranched alkanes of at least 4 members (excludes halogenated alkanes) is 5. The third-order valence-corrected chi connectivity index (χ3v) is 3.11. The van der Waals surface area contributed by atoms with Gasteiger partial charge in [0, 0.05) is 12.3 Å². The Hall–Kier alpha value is -0.330. The molecule has 0 aliphatic rings. The first-order valence-corrected chi connectivity index (χ1v) is 6.73. The van der Waals surface area contributed by atoms with Crippen LogP contribution in [0.25, 0.3) is 0 Å². The lowest BCUT2D eigenvalue weighted by atomic mass is 9.98. The predicted molar refractivity (Wildman–Crippen MR) is 70.8 cm³/mol. The Labute approximate surface area is 96.4 Å². The molecule has 0 aliphatic carbocycles. The van der Waals surface area contributed by atoms with E-state index in [0.717, 1.165) is 6.54 Å². The summed E-state index contributed by atoms with van der Waals surface area (Å²) in [7, 11) is 0. The molecule has 0 aromatic rings. The zero-order valence-electron chi connectivity index (χ0n) is 11.2. The molecule has 1 unspecified atom stereocenters. The van der Waals surface area contributed by atoms with Crippen LogP contribution in [0.4, 0.5) is 0 Å². The van der Waals surface area contributed by atoms with Crippen LogP contribution in [0.2, 0.25) is 0 Å². The summed E-state index contributed by atoms with van der Waals surface area (Å²) in [6, 6.07) is 0. The minimum atomic E-state index is 0.691. The molecule has 0 radical (unpaired) electrons. The van der Waals surface area contributed by atoms with Crippen LogP contribution in [0.15, 0.2) is 4.99 Å². The van der Waals surface area contributed by atoms with Crippen molar-refractivity contribution in [3.8, 4) is 0 Å². The van der Waals surface area contributed by atoms with Gasteiger partial charge in [-0.05, 0) is 26.2 Å². The second-order valence-corrected chi connectivity index (χ2v) is 4.57. The van der Waals surface area contributed by atoms with Crippen LogP contribution < -0.4 is 0 Å². The monoisotopic (exact) mass is 211 g/mol. The van der Waals surface area contributed by atoms with Crippen molar-refractivity contribution in [2.75, 3.05) is 6.54 Å². The molecule has 0 rings (SSSR count). The Balaban J connectivity index is 3.38. The van der Waals surface area contributed by atoms with Gasteiger partial charge < -0.3 is 0 Å². The van der Waals surface area contributed by atoms with Gasteiger partial charge in [0.2, 0.25) is 0 Å². The molecule has 0 aliphatic heterocycles. The van der Waals surface area contributed by atoms with Gasteiger partial charge in [-0.15, -0.1) is 0 Å². The van der Waals surface area contributed by atoms with E-state index in [4.69, 9.17) is 0 Å². The summed E-state index contributed by atoms with van der Waals surface area (Å²) < 4.78 is 0. The summed E-state index contributed by atoms with van der Waals surface area (Å²) in [5, 5.41) is 0. The van der Waals surface area contributed by atoms with Crippen molar-refractivity contribution in [2.45, 2.75) is 72.6 Å². The summed E-state index contributed by atoms with van der Waals surface area (Å²) in [4.78, 5) is 4.47. The van der Waals surface area contributed by atoms with Gasteiger partial charge >= 0.3 is 0 Å². The lowest BCUT2D eigenvalue weighted by Crippen LogP contribution is -2.07. The number of nitrogens with zero attached hydrogens (tertiary/aromatic N) is 1. The van der Waals surface area contributed by atoms with E-state index in [2.05, 4.69) is 32.7 Å². The van der Waals surface area contributed by atoms with Gasteiger partial charge in [-0.25, -0.2) is 0 Å².